The number of hydrogen-bond donors (Lipinski definition) is 2. The summed E-state index contributed by atoms with van der Waals surface area (Å²) in [7, 11) is -3.99. The van der Waals surface area contributed by atoms with Gasteiger partial charge < -0.3 is 14.6 Å². The van der Waals surface area contributed by atoms with E-state index in [1.807, 2.05) is 0 Å². The van der Waals surface area contributed by atoms with E-state index in [-0.39, 0.29) is 21.9 Å². The molecule has 0 saturated carbocycles. The van der Waals surface area contributed by atoms with Gasteiger partial charge in [-0.1, -0.05) is 12.1 Å². The first kappa shape index (κ1) is 17.6. The molecule has 132 valence electrons. The van der Waals surface area contributed by atoms with Gasteiger partial charge in [-0.05, 0) is 28.1 Å². The van der Waals surface area contributed by atoms with Crippen LogP contribution in [0.2, 0.25) is 0 Å². The van der Waals surface area contributed by atoms with Crippen LogP contribution in [0.5, 0.6) is 11.5 Å². The van der Waals surface area contributed by atoms with Gasteiger partial charge in [-0.25, -0.2) is 13.2 Å². The Bertz CT molecular complexity index is 928. The Hall–Kier alpha value is -2.26. The van der Waals surface area contributed by atoms with E-state index in [0.717, 1.165) is 0 Å². The second-order valence-electron chi connectivity index (χ2n) is 5.24. The predicted molar refractivity (Wildman–Crippen MR) is 94.0 cm³/mol. The lowest BCUT2D eigenvalue weighted by atomic mass is 10.1. The van der Waals surface area contributed by atoms with Crippen molar-refractivity contribution in [3.05, 3.63) is 46.4 Å². The molecular weight excluding hydrogens is 414 g/mol. The van der Waals surface area contributed by atoms with Gasteiger partial charge in [-0.3, -0.25) is 4.72 Å². The number of nitrogens with one attached hydrogen (secondary N) is 1. The highest BCUT2D eigenvalue weighted by Crippen LogP contribution is 2.36. The van der Waals surface area contributed by atoms with E-state index in [1.165, 1.54) is 18.2 Å². The number of carboxylic acid groups (broad SMARTS) is 1. The molecule has 2 aromatic carbocycles. The second-order valence-corrected chi connectivity index (χ2v) is 7.74. The molecule has 0 bridgehead atoms. The van der Waals surface area contributed by atoms with Crippen LogP contribution in [-0.2, 0) is 10.0 Å². The Balaban J connectivity index is 2.06. The van der Waals surface area contributed by atoms with Crippen LogP contribution >= 0.6 is 15.9 Å². The van der Waals surface area contributed by atoms with Crippen LogP contribution in [0.1, 0.15) is 16.8 Å². The Morgan fingerprint density at radius 1 is 1.12 bits per heavy atom. The lowest BCUT2D eigenvalue weighted by Crippen LogP contribution is -2.16. The van der Waals surface area contributed by atoms with Crippen molar-refractivity contribution in [1.29, 1.82) is 0 Å². The maximum Gasteiger partial charge on any atom is 0.337 e. The van der Waals surface area contributed by atoms with Crippen molar-refractivity contribution >= 4 is 37.6 Å². The van der Waals surface area contributed by atoms with Crippen LogP contribution in [0.25, 0.3) is 0 Å². The fourth-order valence-corrected chi connectivity index (χ4v) is 4.41. The maximum atomic E-state index is 12.6. The number of halogens is 1. The fourth-order valence-electron chi connectivity index (χ4n) is 2.33. The molecule has 3 rings (SSSR count). The highest BCUT2D eigenvalue weighted by Gasteiger charge is 2.24. The molecule has 0 radical (unpaired) electrons. The molecule has 0 atom stereocenters. The van der Waals surface area contributed by atoms with E-state index >= 15 is 0 Å². The summed E-state index contributed by atoms with van der Waals surface area (Å²) in [6.45, 7) is 0.796. The molecule has 25 heavy (non-hydrogen) atoms. The first-order valence-electron chi connectivity index (χ1n) is 7.33. The van der Waals surface area contributed by atoms with Crippen molar-refractivity contribution < 1.29 is 27.8 Å². The van der Waals surface area contributed by atoms with E-state index in [1.54, 1.807) is 18.2 Å². The number of fused-ring (bicyclic) bond motifs is 1. The molecule has 9 heteroatoms. The molecule has 0 spiro atoms. The van der Waals surface area contributed by atoms with E-state index in [4.69, 9.17) is 9.47 Å². The van der Waals surface area contributed by atoms with Crippen LogP contribution < -0.4 is 14.2 Å². The zero-order valence-electron chi connectivity index (χ0n) is 12.9. The zero-order valence-corrected chi connectivity index (χ0v) is 15.3. The first-order chi connectivity index (χ1) is 11.9. The van der Waals surface area contributed by atoms with Gasteiger partial charge in [0.2, 0.25) is 0 Å². The van der Waals surface area contributed by atoms with Gasteiger partial charge in [-0.15, -0.1) is 0 Å². The molecular formula is C16H14BrNO6S. The Labute approximate surface area is 152 Å². The molecule has 0 fully saturated rings. The largest absolute Gasteiger partial charge is 0.490 e. The van der Waals surface area contributed by atoms with Crippen LogP contribution in [0, 0.1) is 0 Å². The van der Waals surface area contributed by atoms with Gasteiger partial charge in [0.25, 0.3) is 10.0 Å². The zero-order chi connectivity index (χ0) is 18.0. The second kappa shape index (κ2) is 6.93. The molecule has 0 aromatic heterocycles. The molecule has 0 saturated heterocycles. The monoisotopic (exact) mass is 427 g/mol. The van der Waals surface area contributed by atoms with Gasteiger partial charge in [0.05, 0.1) is 24.5 Å². The molecule has 1 aliphatic rings. The topological polar surface area (TPSA) is 102 Å². The highest BCUT2D eigenvalue weighted by molar-refractivity contribution is 9.10. The van der Waals surface area contributed by atoms with E-state index in [0.29, 0.717) is 29.9 Å². The van der Waals surface area contributed by atoms with Gasteiger partial charge in [-0.2, -0.15) is 0 Å². The normalized spacial score (nSPS) is 13.8. The number of hydrogen-bond acceptors (Lipinski definition) is 5. The summed E-state index contributed by atoms with van der Waals surface area (Å²) in [6.07, 6.45) is 0.648. The molecule has 0 amide bonds. The standard InChI is InChI=1S/C16H14BrNO6S/c17-11-4-1-2-5-15(11)25(21,22)18-12-9-14-13(8-10(12)16(19)20)23-6-3-7-24-14/h1-2,4-5,8-9,18H,3,6-7H2,(H,19,20). The van der Waals surface area contributed by atoms with Gasteiger partial charge in [0.1, 0.15) is 4.90 Å². The SMILES string of the molecule is O=C(O)c1cc2c(cc1NS(=O)(=O)c1ccccc1Br)OCCCO2. The van der Waals surface area contributed by atoms with Crippen LogP contribution in [0.15, 0.2) is 45.8 Å². The first-order valence-corrected chi connectivity index (χ1v) is 9.60. The van der Waals surface area contributed by atoms with Crippen molar-refractivity contribution in [3.63, 3.8) is 0 Å². The average Bonchev–Trinajstić information content (AvgIpc) is 2.78. The van der Waals surface area contributed by atoms with E-state index < -0.39 is 16.0 Å². The third-order valence-electron chi connectivity index (χ3n) is 3.49. The Kier molecular flexibility index (Phi) is 4.87. The van der Waals surface area contributed by atoms with Crippen molar-refractivity contribution in [2.45, 2.75) is 11.3 Å². The Morgan fingerprint density at radius 2 is 1.76 bits per heavy atom. The number of carboxylic acids is 1. The van der Waals surface area contributed by atoms with Gasteiger partial charge in [0.15, 0.2) is 11.5 Å². The van der Waals surface area contributed by atoms with Gasteiger partial charge in [0, 0.05) is 23.0 Å². The van der Waals surface area contributed by atoms with E-state index in [9.17, 15) is 18.3 Å². The smallest absolute Gasteiger partial charge is 0.337 e. The third kappa shape index (κ3) is 3.72. The maximum absolute atomic E-state index is 12.6. The molecule has 0 unspecified atom stereocenters. The highest BCUT2D eigenvalue weighted by atomic mass is 79.9. The number of anilines is 1. The quantitative estimate of drug-likeness (QED) is 0.776. The molecule has 2 N–H and O–H groups in total. The van der Waals surface area contributed by atoms with Crippen LogP contribution in [0.3, 0.4) is 0 Å². The van der Waals surface area contributed by atoms with Gasteiger partial charge >= 0.3 is 5.97 Å². The lowest BCUT2D eigenvalue weighted by molar-refractivity contribution is 0.0697. The summed E-state index contributed by atoms with van der Waals surface area (Å²) < 4.78 is 38.9. The summed E-state index contributed by atoms with van der Waals surface area (Å²) in [5.74, 6) is -0.702. The van der Waals surface area contributed by atoms with Crippen molar-refractivity contribution in [1.82, 2.24) is 0 Å². The molecule has 2 aromatic rings. The number of benzene rings is 2. The summed E-state index contributed by atoms with van der Waals surface area (Å²) in [6, 6.07) is 8.85. The van der Waals surface area contributed by atoms with Crippen LogP contribution in [-0.4, -0.2) is 32.7 Å². The summed E-state index contributed by atoms with van der Waals surface area (Å²) in [4.78, 5) is 11.5. The van der Waals surface area contributed by atoms with Crippen molar-refractivity contribution in [2.24, 2.45) is 0 Å². The molecule has 0 aliphatic carbocycles. The minimum Gasteiger partial charge on any atom is -0.490 e. The van der Waals surface area contributed by atoms with Crippen LogP contribution in [0.4, 0.5) is 5.69 Å². The number of rotatable bonds is 4. The fraction of sp³-hybridized carbons (Fsp3) is 0.188. The van der Waals surface area contributed by atoms with E-state index in [2.05, 4.69) is 20.7 Å². The average molecular weight is 428 g/mol. The minimum atomic E-state index is -3.99. The Morgan fingerprint density at radius 3 is 2.40 bits per heavy atom. The summed E-state index contributed by atoms with van der Waals surface area (Å²) in [5, 5.41) is 9.42. The third-order valence-corrected chi connectivity index (χ3v) is 5.87. The number of carbonyl (C=O) groups is 1. The lowest BCUT2D eigenvalue weighted by Gasteiger charge is -2.15. The predicted octanol–water partition coefficient (Wildman–Crippen LogP) is 3.11. The summed E-state index contributed by atoms with van der Waals surface area (Å²) >= 11 is 3.18. The molecule has 1 aliphatic heterocycles. The van der Waals surface area contributed by atoms with Crippen molar-refractivity contribution in [2.75, 3.05) is 17.9 Å². The number of ether oxygens (including phenoxy) is 2. The minimum absolute atomic E-state index is 0.00144. The molecule has 7 nitrogen and oxygen atoms in total. The summed E-state index contributed by atoms with van der Waals surface area (Å²) in [5.41, 5.74) is -0.313. The number of sulfonamides is 1. The van der Waals surface area contributed by atoms with Crippen molar-refractivity contribution in [3.8, 4) is 11.5 Å². The number of aromatic carboxylic acids is 1. The molecule has 1 heterocycles.